The number of carbonyl (C=O) groups is 2. The van der Waals surface area contributed by atoms with E-state index in [1.165, 1.54) is 0 Å². The van der Waals surface area contributed by atoms with Gasteiger partial charge in [0.15, 0.2) is 0 Å². The fourth-order valence-electron chi connectivity index (χ4n) is 4.40. The Labute approximate surface area is 169 Å². The number of piperidine rings is 1. The molecule has 146 valence electrons. The number of halogens is 1. The lowest BCUT2D eigenvalue weighted by molar-refractivity contribution is -0.132. The van der Waals surface area contributed by atoms with E-state index in [9.17, 15) is 9.59 Å². The maximum absolute atomic E-state index is 12.9. The number of likely N-dealkylation sites (tertiary alicyclic amines) is 1. The number of amides is 2. The van der Waals surface area contributed by atoms with Gasteiger partial charge in [-0.25, -0.2) is 0 Å². The molecule has 0 radical (unpaired) electrons. The van der Waals surface area contributed by atoms with Gasteiger partial charge in [0, 0.05) is 18.2 Å². The van der Waals surface area contributed by atoms with Crippen LogP contribution in [0.25, 0.3) is 0 Å². The molecule has 2 fully saturated rings. The van der Waals surface area contributed by atoms with Crippen molar-refractivity contribution in [2.24, 2.45) is 5.92 Å². The molecule has 1 saturated carbocycles. The van der Waals surface area contributed by atoms with Crippen molar-refractivity contribution >= 4 is 23.4 Å². The lowest BCUT2D eigenvalue weighted by atomic mass is 10.0. The van der Waals surface area contributed by atoms with Gasteiger partial charge in [-0.1, -0.05) is 35.9 Å². The molecule has 1 aliphatic heterocycles. The second kappa shape index (κ2) is 7.84. The zero-order valence-corrected chi connectivity index (χ0v) is 16.5. The van der Waals surface area contributed by atoms with Gasteiger partial charge in [-0.2, -0.15) is 0 Å². The molecule has 1 aliphatic carbocycles. The van der Waals surface area contributed by atoms with Crippen molar-refractivity contribution in [2.75, 3.05) is 13.7 Å². The van der Waals surface area contributed by atoms with Crippen molar-refractivity contribution in [1.29, 1.82) is 0 Å². The number of nitrogens with zero attached hydrogens (tertiary/aromatic N) is 1. The van der Waals surface area contributed by atoms with Gasteiger partial charge in [-0.05, 0) is 48.6 Å². The van der Waals surface area contributed by atoms with E-state index in [1.54, 1.807) is 31.4 Å². The molecule has 2 aliphatic rings. The molecular formula is C22H23ClN2O3. The lowest BCUT2D eigenvalue weighted by Gasteiger charge is -2.34. The maximum Gasteiger partial charge on any atom is 0.251 e. The number of carbonyl (C=O) groups excluding carboxylic acids is 2. The second-order valence-electron chi connectivity index (χ2n) is 7.54. The minimum atomic E-state index is -0.0764. The monoisotopic (exact) mass is 398 g/mol. The molecule has 28 heavy (non-hydrogen) atoms. The van der Waals surface area contributed by atoms with E-state index in [2.05, 4.69) is 5.32 Å². The molecule has 0 spiro atoms. The summed E-state index contributed by atoms with van der Waals surface area (Å²) < 4.78 is 5.16. The van der Waals surface area contributed by atoms with E-state index in [0.717, 1.165) is 24.9 Å². The third-order valence-corrected chi connectivity index (χ3v) is 6.02. The molecule has 5 nitrogen and oxygen atoms in total. The summed E-state index contributed by atoms with van der Waals surface area (Å²) in [6, 6.07) is 14.7. The number of rotatable bonds is 5. The standard InChI is InChI=1S/C22H23ClN2O3/c1-28-20-8-7-14(9-17(20)23)12-21(26)25-13-15-10-18(19(25)11-15)24-22(27)16-5-3-2-4-6-16/h2-9,15,18-19H,10-13H2,1H3,(H,24,27). The van der Waals surface area contributed by atoms with Gasteiger partial charge in [0.05, 0.1) is 24.6 Å². The summed E-state index contributed by atoms with van der Waals surface area (Å²) in [5.41, 5.74) is 1.51. The van der Waals surface area contributed by atoms with Crippen molar-refractivity contribution in [3.63, 3.8) is 0 Å². The Bertz CT molecular complexity index is 887. The van der Waals surface area contributed by atoms with Crippen molar-refractivity contribution in [1.82, 2.24) is 10.2 Å². The van der Waals surface area contributed by atoms with Crippen molar-refractivity contribution < 1.29 is 14.3 Å². The maximum atomic E-state index is 12.9. The summed E-state index contributed by atoms with van der Waals surface area (Å²) >= 11 is 6.18. The van der Waals surface area contributed by atoms with Gasteiger partial charge in [0.2, 0.25) is 5.91 Å². The zero-order chi connectivity index (χ0) is 19.7. The molecule has 2 bridgehead atoms. The first-order valence-electron chi connectivity index (χ1n) is 9.53. The molecule has 0 aromatic heterocycles. The van der Waals surface area contributed by atoms with Gasteiger partial charge in [-0.3, -0.25) is 9.59 Å². The largest absolute Gasteiger partial charge is 0.495 e. The average molecular weight is 399 g/mol. The minimum Gasteiger partial charge on any atom is -0.495 e. The van der Waals surface area contributed by atoms with Gasteiger partial charge in [0.1, 0.15) is 5.75 Å². The van der Waals surface area contributed by atoms with Crippen LogP contribution in [-0.4, -0.2) is 42.5 Å². The summed E-state index contributed by atoms with van der Waals surface area (Å²) in [6.07, 6.45) is 2.18. The summed E-state index contributed by atoms with van der Waals surface area (Å²) in [5, 5.41) is 3.63. The van der Waals surface area contributed by atoms with Gasteiger partial charge in [-0.15, -0.1) is 0 Å². The van der Waals surface area contributed by atoms with E-state index in [4.69, 9.17) is 16.3 Å². The Hall–Kier alpha value is -2.53. The molecule has 6 heteroatoms. The highest BCUT2D eigenvalue weighted by atomic mass is 35.5. The Morgan fingerprint density at radius 2 is 1.96 bits per heavy atom. The van der Waals surface area contributed by atoms with Gasteiger partial charge < -0.3 is 15.0 Å². The van der Waals surface area contributed by atoms with Crippen LogP contribution in [0.5, 0.6) is 5.75 Å². The summed E-state index contributed by atoms with van der Waals surface area (Å²) in [7, 11) is 1.57. The van der Waals surface area contributed by atoms with Crippen LogP contribution in [0, 0.1) is 5.92 Å². The number of methoxy groups -OCH3 is 1. The minimum absolute atomic E-state index is 0.00913. The second-order valence-corrected chi connectivity index (χ2v) is 7.95. The lowest BCUT2D eigenvalue weighted by Crippen LogP contribution is -2.52. The van der Waals surface area contributed by atoms with Crippen LogP contribution < -0.4 is 10.1 Å². The van der Waals surface area contributed by atoms with Crippen LogP contribution in [0.4, 0.5) is 0 Å². The zero-order valence-electron chi connectivity index (χ0n) is 15.7. The number of fused-ring (bicyclic) bond motifs is 2. The first-order chi connectivity index (χ1) is 13.5. The predicted molar refractivity (Wildman–Crippen MR) is 108 cm³/mol. The highest BCUT2D eigenvalue weighted by Crippen LogP contribution is 2.38. The molecule has 4 rings (SSSR count). The van der Waals surface area contributed by atoms with Crippen LogP contribution in [0.1, 0.15) is 28.8 Å². The van der Waals surface area contributed by atoms with E-state index >= 15 is 0 Å². The van der Waals surface area contributed by atoms with Crippen molar-refractivity contribution in [3.8, 4) is 5.75 Å². The predicted octanol–water partition coefficient (Wildman–Crippen LogP) is 3.31. The van der Waals surface area contributed by atoms with E-state index < -0.39 is 0 Å². The number of benzene rings is 2. The topological polar surface area (TPSA) is 58.6 Å². The smallest absolute Gasteiger partial charge is 0.251 e. The number of hydrogen-bond donors (Lipinski definition) is 1. The van der Waals surface area contributed by atoms with E-state index in [0.29, 0.717) is 28.7 Å². The molecule has 2 aromatic rings. The highest BCUT2D eigenvalue weighted by molar-refractivity contribution is 6.32. The Morgan fingerprint density at radius 1 is 1.18 bits per heavy atom. The SMILES string of the molecule is COc1ccc(CC(=O)N2CC3CC(NC(=O)c4ccccc4)C2C3)cc1Cl. The highest BCUT2D eigenvalue weighted by Gasteiger charge is 2.47. The molecule has 2 amide bonds. The number of hydrogen-bond acceptors (Lipinski definition) is 3. The molecule has 3 atom stereocenters. The van der Waals surface area contributed by atoms with E-state index in [1.807, 2.05) is 29.2 Å². The fourth-order valence-corrected chi connectivity index (χ4v) is 4.68. The van der Waals surface area contributed by atoms with Crippen molar-refractivity contribution in [3.05, 3.63) is 64.7 Å². The number of nitrogens with one attached hydrogen (secondary N) is 1. The number of ether oxygens (including phenoxy) is 1. The Kier molecular flexibility index (Phi) is 5.27. The molecular weight excluding hydrogens is 376 g/mol. The molecule has 1 heterocycles. The quantitative estimate of drug-likeness (QED) is 0.840. The Morgan fingerprint density at radius 3 is 2.64 bits per heavy atom. The van der Waals surface area contributed by atoms with Crippen LogP contribution in [-0.2, 0) is 11.2 Å². The third kappa shape index (κ3) is 3.72. The first kappa shape index (κ1) is 18.8. The Balaban J connectivity index is 1.41. The normalized spacial score (nSPS) is 22.9. The van der Waals surface area contributed by atoms with Crippen LogP contribution in [0.2, 0.25) is 5.02 Å². The van der Waals surface area contributed by atoms with Crippen LogP contribution in [0.15, 0.2) is 48.5 Å². The molecule has 1 saturated heterocycles. The summed E-state index contributed by atoms with van der Waals surface area (Å²) in [4.78, 5) is 27.3. The van der Waals surface area contributed by atoms with Crippen LogP contribution >= 0.6 is 11.6 Å². The summed E-state index contributed by atoms with van der Waals surface area (Å²) in [5.74, 6) is 1.05. The van der Waals surface area contributed by atoms with Crippen molar-refractivity contribution in [2.45, 2.75) is 31.3 Å². The summed E-state index contributed by atoms with van der Waals surface area (Å²) in [6.45, 7) is 0.769. The van der Waals surface area contributed by atoms with Gasteiger partial charge in [0.25, 0.3) is 5.91 Å². The van der Waals surface area contributed by atoms with E-state index in [-0.39, 0.29) is 23.9 Å². The molecule has 1 N–H and O–H groups in total. The molecule has 2 aromatic carbocycles. The first-order valence-corrected chi connectivity index (χ1v) is 9.90. The van der Waals surface area contributed by atoms with Crippen LogP contribution in [0.3, 0.4) is 0 Å². The third-order valence-electron chi connectivity index (χ3n) is 5.73. The average Bonchev–Trinajstić information content (AvgIpc) is 3.29. The molecule has 3 unspecified atom stereocenters. The van der Waals surface area contributed by atoms with Gasteiger partial charge >= 0.3 is 0 Å². The fraction of sp³-hybridized carbons (Fsp3) is 0.364.